The zero-order valence-corrected chi connectivity index (χ0v) is 10.6. The second-order valence-corrected chi connectivity index (χ2v) is 4.74. The van der Waals surface area contributed by atoms with Gasteiger partial charge in [-0.2, -0.15) is 0 Å². The van der Waals surface area contributed by atoms with Crippen LogP contribution in [0.4, 0.5) is 0 Å². The molecule has 1 heterocycles. The van der Waals surface area contributed by atoms with Crippen LogP contribution in [0.15, 0.2) is 24.3 Å². The normalized spacial score (nSPS) is 18.1. The zero-order valence-electron chi connectivity index (χ0n) is 10.6. The fraction of sp³-hybridized carbons (Fsp3) is 0.571. The van der Waals surface area contributed by atoms with E-state index in [0.717, 1.165) is 38.0 Å². The maximum atomic E-state index is 9.42. The topological polar surface area (TPSA) is 52.9 Å². The summed E-state index contributed by atoms with van der Waals surface area (Å²) in [6.07, 6.45) is 2.31. The number of benzene rings is 1. The van der Waals surface area contributed by atoms with Gasteiger partial charge in [0.2, 0.25) is 0 Å². The first-order valence-electron chi connectivity index (χ1n) is 6.50. The standard InChI is InChI=1S/C14H21NO3/c16-8-9-18-14-4-6-15(7-5-14)11-12-2-1-3-13(17)10-12/h1-3,10,14,16-17H,4-9,11H2. The smallest absolute Gasteiger partial charge is 0.115 e. The van der Waals surface area contributed by atoms with E-state index in [4.69, 9.17) is 9.84 Å². The number of ether oxygens (including phenoxy) is 1. The van der Waals surface area contributed by atoms with Crippen molar-refractivity contribution in [2.45, 2.75) is 25.5 Å². The van der Waals surface area contributed by atoms with Gasteiger partial charge in [0.15, 0.2) is 0 Å². The van der Waals surface area contributed by atoms with Crippen LogP contribution in [0.25, 0.3) is 0 Å². The quantitative estimate of drug-likeness (QED) is 0.830. The van der Waals surface area contributed by atoms with Crippen LogP contribution in [0.1, 0.15) is 18.4 Å². The van der Waals surface area contributed by atoms with Crippen LogP contribution < -0.4 is 0 Å². The molecule has 0 aromatic heterocycles. The molecular weight excluding hydrogens is 230 g/mol. The summed E-state index contributed by atoms with van der Waals surface area (Å²) >= 11 is 0. The third kappa shape index (κ3) is 3.98. The number of aliphatic hydroxyl groups is 1. The monoisotopic (exact) mass is 251 g/mol. The van der Waals surface area contributed by atoms with E-state index >= 15 is 0 Å². The molecule has 2 rings (SSSR count). The third-order valence-electron chi connectivity index (χ3n) is 3.30. The molecule has 0 bridgehead atoms. The minimum absolute atomic E-state index is 0.101. The lowest BCUT2D eigenvalue weighted by molar-refractivity contribution is -0.00902. The number of piperidine rings is 1. The van der Waals surface area contributed by atoms with E-state index in [2.05, 4.69) is 4.90 Å². The first kappa shape index (κ1) is 13.3. The van der Waals surface area contributed by atoms with Crippen molar-refractivity contribution in [3.63, 3.8) is 0 Å². The number of phenolic OH excluding ortho intramolecular Hbond substituents is 1. The SMILES string of the molecule is OCCOC1CCN(Cc2cccc(O)c2)CC1. The zero-order chi connectivity index (χ0) is 12.8. The minimum Gasteiger partial charge on any atom is -0.508 e. The maximum Gasteiger partial charge on any atom is 0.115 e. The molecule has 0 spiro atoms. The third-order valence-corrected chi connectivity index (χ3v) is 3.30. The summed E-state index contributed by atoms with van der Waals surface area (Å²) in [7, 11) is 0. The Labute approximate surface area is 108 Å². The fourth-order valence-electron chi connectivity index (χ4n) is 2.37. The molecule has 1 fully saturated rings. The van der Waals surface area contributed by atoms with Gasteiger partial charge in [0, 0.05) is 19.6 Å². The molecule has 0 atom stereocenters. The van der Waals surface area contributed by atoms with E-state index in [1.54, 1.807) is 6.07 Å². The van der Waals surface area contributed by atoms with Gasteiger partial charge in [-0.15, -0.1) is 0 Å². The van der Waals surface area contributed by atoms with Crippen LogP contribution in [-0.4, -0.2) is 47.5 Å². The number of phenols is 1. The number of likely N-dealkylation sites (tertiary alicyclic amines) is 1. The number of nitrogens with zero attached hydrogens (tertiary/aromatic N) is 1. The molecule has 1 aliphatic rings. The molecule has 0 unspecified atom stereocenters. The average Bonchev–Trinajstić information content (AvgIpc) is 2.38. The van der Waals surface area contributed by atoms with E-state index in [9.17, 15) is 5.11 Å². The van der Waals surface area contributed by atoms with Crippen LogP contribution in [-0.2, 0) is 11.3 Å². The molecule has 1 saturated heterocycles. The highest BCUT2D eigenvalue weighted by Gasteiger charge is 2.19. The van der Waals surface area contributed by atoms with Gasteiger partial charge in [-0.25, -0.2) is 0 Å². The van der Waals surface area contributed by atoms with Crippen LogP contribution >= 0.6 is 0 Å². The van der Waals surface area contributed by atoms with Gasteiger partial charge in [-0.1, -0.05) is 12.1 Å². The lowest BCUT2D eigenvalue weighted by Crippen LogP contribution is -2.36. The van der Waals surface area contributed by atoms with E-state index in [1.165, 1.54) is 0 Å². The molecule has 0 aliphatic carbocycles. The molecule has 0 saturated carbocycles. The summed E-state index contributed by atoms with van der Waals surface area (Å²) in [4.78, 5) is 2.37. The number of aromatic hydroxyl groups is 1. The Morgan fingerprint density at radius 3 is 2.72 bits per heavy atom. The van der Waals surface area contributed by atoms with E-state index in [-0.39, 0.29) is 12.7 Å². The molecule has 1 aromatic carbocycles. The predicted octanol–water partition coefficient (Wildman–Crippen LogP) is 1.37. The first-order chi connectivity index (χ1) is 8.78. The Hall–Kier alpha value is -1.10. The van der Waals surface area contributed by atoms with Crippen molar-refractivity contribution in [1.29, 1.82) is 0 Å². The van der Waals surface area contributed by atoms with Crippen LogP contribution in [0.5, 0.6) is 5.75 Å². The highest BCUT2D eigenvalue weighted by atomic mass is 16.5. The first-order valence-corrected chi connectivity index (χ1v) is 6.50. The second-order valence-electron chi connectivity index (χ2n) is 4.74. The minimum atomic E-state index is 0.101. The maximum absolute atomic E-state index is 9.42. The van der Waals surface area contributed by atoms with Gasteiger partial charge in [0.1, 0.15) is 5.75 Å². The van der Waals surface area contributed by atoms with Crippen molar-refractivity contribution in [1.82, 2.24) is 4.90 Å². The summed E-state index contributed by atoms with van der Waals surface area (Å²) in [6.45, 7) is 3.43. The molecular formula is C14H21NO3. The van der Waals surface area contributed by atoms with Crippen molar-refractivity contribution in [3.05, 3.63) is 29.8 Å². The Morgan fingerprint density at radius 2 is 2.06 bits per heavy atom. The Morgan fingerprint density at radius 1 is 1.28 bits per heavy atom. The lowest BCUT2D eigenvalue weighted by atomic mass is 10.1. The molecule has 0 amide bonds. The van der Waals surface area contributed by atoms with Gasteiger partial charge >= 0.3 is 0 Å². The highest BCUT2D eigenvalue weighted by Crippen LogP contribution is 2.18. The van der Waals surface area contributed by atoms with Crippen LogP contribution in [0.3, 0.4) is 0 Å². The summed E-state index contributed by atoms with van der Waals surface area (Å²) in [6, 6.07) is 7.42. The molecule has 2 N–H and O–H groups in total. The average molecular weight is 251 g/mol. The van der Waals surface area contributed by atoms with E-state index in [1.807, 2.05) is 18.2 Å². The Kier molecular flexibility index (Phi) is 4.99. The van der Waals surface area contributed by atoms with Crippen molar-refractivity contribution in [2.75, 3.05) is 26.3 Å². The molecule has 1 aromatic rings. The summed E-state index contributed by atoms with van der Waals surface area (Å²) in [5.74, 6) is 0.327. The Balaban J connectivity index is 1.76. The second kappa shape index (κ2) is 6.73. The van der Waals surface area contributed by atoms with Gasteiger partial charge in [0.05, 0.1) is 19.3 Å². The Bertz CT molecular complexity index is 362. The van der Waals surface area contributed by atoms with Crippen molar-refractivity contribution in [3.8, 4) is 5.75 Å². The molecule has 100 valence electrons. The van der Waals surface area contributed by atoms with E-state index < -0.39 is 0 Å². The number of aliphatic hydroxyl groups excluding tert-OH is 1. The molecule has 4 nitrogen and oxygen atoms in total. The summed E-state index contributed by atoms with van der Waals surface area (Å²) in [5.41, 5.74) is 1.14. The molecule has 0 radical (unpaired) electrons. The number of hydrogen-bond acceptors (Lipinski definition) is 4. The van der Waals surface area contributed by atoms with Crippen LogP contribution in [0.2, 0.25) is 0 Å². The largest absolute Gasteiger partial charge is 0.508 e. The summed E-state index contributed by atoms with van der Waals surface area (Å²) < 4.78 is 5.53. The van der Waals surface area contributed by atoms with Gasteiger partial charge in [-0.05, 0) is 30.5 Å². The number of hydrogen-bond donors (Lipinski definition) is 2. The van der Waals surface area contributed by atoms with Gasteiger partial charge in [-0.3, -0.25) is 4.90 Å². The van der Waals surface area contributed by atoms with Gasteiger partial charge < -0.3 is 14.9 Å². The van der Waals surface area contributed by atoms with E-state index in [0.29, 0.717) is 12.4 Å². The predicted molar refractivity (Wildman–Crippen MR) is 69.4 cm³/mol. The fourth-order valence-corrected chi connectivity index (χ4v) is 2.37. The summed E-state index contributed by atoms with van der Waals surface area (Å²) in [5, 5.41) is 18.1. The van der Waals surface area contributed by atoms with Crippen LogP contribution in [0, 0.1) is 0 Å². The van der Waals surface area contributed by atoms with Gasteiger partial charge in [0.25, 0.3) is 0 Å². The molecule has 1 aliphatic heterocycles. The number of rotatable bonds is 5. The van der Waals surface area contributed by atoms with Crippen molar-refractivity contribution < 1.29 is 14.9 Å². The highest BCUT2D eigenvalue weighted by molar-refractivity contribution is 5.27. The molecule has 18 heavy (non-hydrogen) atoms. The molecule has 4 heteroatoms. The van der Waals surface area contributed by atoms with Crippen molar-refractivity contribution in [2.24, 2.45) is 0 Å². The lowest BCUT2D eigenvalue weighted by Gasteiger charge is -2.31. The van der Waals surface area contributed by atoms with Crippen molar-refractivity contribution >= 4 is 0 Å².